The van der Waals surface area contributed by atoms with Crippen LogP contribution in [0.1, 0.15) is 11.3 Å². The number of halogens is 1. The molecular weight excluding hydrogens is 370 g/mol. The molecule has 1 aromatic carbocycles. The highest BCUT2D eigenvalue weighted by Crippen LogP contribution is 2.14. The lowest BCUT2D eigenvalue weighted by molar-refractivity contribution is -0.115. The average molecular weight is 386 g/mol. The Labute approximate surface area is 148 Å². The first-order valence-corrected chi connectivity index (χ1v) is 8.25. The van der Waals surface area contributed by atoms with Crippen LogP contribution in [0.25, 0.3) is 0 Å². The molecule has 2 aromatic heterocycles. The molecule has 0 aliphatic carbocycles. The van der Waals surface area contributed by atoms with Crippen molar-refractivity contribution in [3.05, 3.63) is 76.8 Å². The summed E-state index contributed by atoms with van der Waals surface area (Å²) < 4.78 is 6.21. The fraction of sp³-hybridized carbons (Fsp3) is 0.111. The lowest BCUT2D eigenvalue weighted by Crippen LogP contribution is -2.14. The van der Waals surface area contributed by atoms with E-state index in [0.29, 0.717) is 18.7 Å². The number of amides is 1. The van der Waals surface area contributed by atoms with Crippen LogP contribution in [0.5, 0.6) is 0 Å². The first kappa shape index (κ1) is 16.3. The number of nitrogens with zero attached hydrogens (tertiary/aromatic N) is 1. The van der Waals surface area contributed by atoms with Gasteiger partial charge in [-0.05, 0) is 42.0 Å². The zero-order chi connectivity index (χ0) is 16.8. The van der Waals surface area contributed by atoms with E-state index in [9.17, 15) is 4.79 Å². The summed E-state index contributed by atoms with van der Waals surface area (Å²) in [6.07, 6.45) is 3.58. The molecule has 0 fully saturated rings. The minimum Gasteiger partial charge on any atom is -0.467 e. The quantitative estimate of drug-likeness (QED) is 0.666. The van der Waals surface area contributed by atoms with Crippen molar-refractivity contribution in [2.24, 2.45) is 0 Å². The fourth-order valence-electron chi connectivity index (χ4n) is 2.20. The van der Waals surface area contributed by atoms with Crippen molar-refractivity contribution in [1.82, 2.24) is 4.98 Å². The summed E-state index contributed by atoms with van der Waals surface area (Å²) in [6.45, 7) is 0.564. The van der Waals surface area contributed by atoms with Crippen molar-refractivity contribution in [2.75, 3.05) is 10.6 Å². The number of aromatic nitrogens is 1. The first-order valence-electron chi connectivity index (χ1n) is 7.46. The van der Waals surface area contributed by atoms with Crippen LogP contribution < -0.4 is 10.6 Å². The van der Waals surface area contributed by atoms with Crippen molar-refractivity contribution in [3.8, 4) is 0 Å². The van der Waals surface area contributed by atoms with Crippen molar-refractivity contribution >= 4 is 33.3 Å². The van der Waals surface area contributed by atoms with Crippen LogP contribution in [0.2, 0.25) is 0 Å². The van der Waals surface area contributed by atoms with E-state index in [4.69, 9.17) is 4.42 Å². The number of hydrogen-bond acceptors (Lipinski definition) is 4. The molecule has 122 valence electrons. The molecule has 24 heavy (non-hydrogen) atoms. The van der Waals surface area contributed by atoms with Gasteiger partial charge in [0.15, 0.2) is 0 Å². The highest BCUT2D eigenvalue weighted by atomic mass is 79.9. The number of carbonyl (C=O) groups excluding carboxylic acids is 1. The molecule has 0 unspecified atom stereocenters. The van der Waals surface area contributed by atoms with Gasteiger partial charge in [0.2, 0.25) is 5.91 Å². The van der Waals surface area contributed by atoms with E-state index in [0.717, 1.165) is 21.6 Å². The third-order valence-electron chi connectivity index (χ3n) is 3.32. The second kappa shape index (κ2) is 7.79. The molecule has 3 rings (SSSR count). The molecule has 5 nitrogen and oxygen atoms in total. The van der Waals surface area contributed by atoms with Gasteiger partial charge in [0.1, 0.15) is 11.6 Å². The van der Waals surface area contributed by atoms with Crippen LogP contribution in [-0.4, -0.2) is 10.9 Å². The molecule has 0 spiro atoms. The molecular formula is C18H16BrN3O2. The molecule has 0 aliphatic rings. The summed E-state index contributed by atoms with van der Waals surface area (Å²) in [6, 6.07) is 15.1. The number of hydrogen-bond donors (Lipinski definition) is 2. The molecule has 2 heterocycles. The van der Waals surface area contributed by atoms with E-state index in [2.05, 4.69) is 31.5 Å². The Morgan fingerprint density at radius 2 is 2.08 bits per heavy atom. The molecule has 6 heteroatoms. The smallest absolute Gasteiger partial charge is 0.228 e. The van der Waals surface area contributed by atoms with Gasteiger partial charge in [0, 0.05) is 4.47 Å². The maximum Gasteiger partial charge on any atom is 0.228 e. The summed E-state index contributed by atoms with van der Waals surface area (Å²) in [7, 11) is 0. The second-order valence-corrected chi connectivity index (χ2v) is 6.14. The molecule has 0 radical (unpaired) electrons. The molecule has 0 saturated carbocycles. The number of carbonyl (C=O) groups is 1. The fourth-order valence-corrected chi connectivity index (χ4v) is 2.65. The minimum atomic E-state index is -0.0776. The Kier molecular flexibility index (Phi) is 5.28. The number of anilines is 2. The molecule has 2 N–H and O–H groups in total. The maximum absolute atomic E-state index is 12.1. The largest absolute Gasteiger partial charge is 0.467 e. The molecule has 0 saturated heterocycles. The van der Waals surface area contributed by atoms with Crippen LogP contribution in [0, 0.1) is 0 Å². The summed E-state index contributed by atoms with van der Waals surface area (Å²) >= 11 is 3.40. The van der Waals surface area contributed by atoms with Crippen molar-refractivity contribution in [1.29, 1.82) is 0 Å². The predicted octanol–water partition coefficient (Wildman–Crippen LogP) is 4.23. The van der Waals surface area contributed by atoms with Crippen LogP contribution in [0.4, 0.5) is 11.5 Å². The van der Waals surface area contributed by atoms with Crippen LogP contribution in [0.3, 0.4) is 0 Å². The van der Waals surface area contributed by atoms with Crippen LogP contribution in [-0.2, 0) is 17.8 Å². The van der Waals surface area contributed by atoms with E-state index in [1.165, 1.54) is 0 Å². The Morgan fingerprint density at radius 1 is 1.17 bits per heavy atom. The van der Waals surface area contributed by atoms with Gasteiger partial charge >= 0.3 is 0 Å². The lowest BCUT2D eigenvalue weighted by Gasteiger charge is -2.07. The van der Waals surface area contributed by atoms with E-state index in [-0.39, 0.29) is 5.91 Å². The van der Waals surface area contributed by atoms with Gasteiger partial charge in [-0.3, -0.25) is 4.79 Å². The Morgan fingerprint density at radius 3 is 2.79 bits per heavy atom. The Bertz CT molecular complexity index is 801. The van der Waals surface area contributed by atoms with Gasteiger partial charge < -0.3 is 15.1 Å². The van der Waals surface area contributed by atoms with Gasteiger partial charge in [0.25, 0.3) is 0 Å². The SMILES string of the molecule is O=C(Cc1cccc(Br)c1)Nc1ccc(NCc2ccco2)nc1. The standard InChI is InChI=1S/C18H16BrN3O2/c19-14-4-1-3-13(9-14)10-18(23)22-15-6-7-17(20-11-15)21-12-16-5-2-8-24-16/h1-9,11H,10,12H2,(H,20,21)(H,22,23). The third kappa shape index (κ3) is 4.70. The molecule has 0 atom stereocenters. The zero-order valence-corrected chi connectivity index (χ0v) is 14.4. The van der Waals surface area contributed by atoms with E-state index in [1.54, 1.807) is 12.5 Å². The second-order valence-electron chi connectivity index (χ2n) is 5.22. The minimum absolute atomic E-state index is 0.0776. The normalized spacial score (nSPS) is 10.4. The van der Waals surface area contributed by atoms with Crippen LogP contribution in [0.15, 0.2) is 69.9 Å². The Balaban J connectivity index is 1.52. The van der Waals surface area contributed by atoms with Gasteiger partial charge in [-0.1, -0.05) is 28.1 Å². The van der Waals surface area contributed by atoms with Gasteiger partial charge in [-0.15, -0.1) is 0 Å². The summed E-state index contributed by atoms with van der Waals surface area (Å²) in [5, 5.41) is 5.99. The molecule has 1 amide bonds. The number of furan rings is 1. The highest BCUT2D eigenvalue weighted by Gasteiger charge is 2.05. The average Bonchev–Trinajstić information content (AvgIpc) is 3.07. The van der Waals surface area contributed by atoms with Gasteiger partial charge in [-0.2, -0.15) is 0 Å². The van der Waals surface area contributed by atoms with Crippen LogP contribution >= 0.6 is 15.9 Å². The summed E-state index contributed by atoms with van der Waals surface area (Å²) in [5.74, 6) is 1.48. The van der Waals surface area contributed by atoms with E-state index < -0.39 is 0 Å². The van der Waals surface area contributed by atoms with E-state index in [1.807, 2.05) is 48.5 Å². The third-order valence-corrected chi connectivity index (χ3v) is 3.82. The zero-order valence-electron chi connectivity index (χ0n) is 12.8. The number of pyridine rings is 1. The highest BCUT2D eigenvalue weighted by molar-refractivity contribution is 9.10. The van der Waals surface area contributed by atoms with Crippen molar-refractivity contribution in [2.45, 2.75) is 13.0 Å². The number of rotatable bonds is 6. The van der Waals surface area contributed by atoms with Gasteiger partial charge in [0.05, 0.1) is 31.1 Å². The monoisotopic (exact) mass is 385 g/mol. The summed E-state index contributed by atoms with van der Waals surface area (Å²) in [4.78, 5) is 16.4. The predicted molar refractivity (Wildman–Crippen MR) is 96.7 cm³/mol. The Hall–Kier alpha value is -2.60. The number of benzene rings is 1. The summed E-state index contributed by atoms with van der Waals surface area (Å²) in [5.41, 5.74) is 1.62. The number of nitrogens with one attached hydrogen (secondary N) is 2. The lowest BCUT2D eigenvalue weighted by atomic mass is 10.1. The molecule has 3 aromatic rings. The first-order chi connectivity index (χ1) is 11.7. The van der Waals surface area contributed by atoms with Crippen molar-refractivity contribution in [3.63, 3.8) is 0 Å². The topological polar surface area (TPSA) is 67.2 Å². The maximum atomic E-state index is 12.1. The molecule has 0 aliphatic heterocycles. The van der Waals surface area contributed by atoms with E-state index >= 15 is 0 Å². The van der Waals surface area contributed by atoms with Gasteiger partial charge in [-0.25, -0.2) is 4.98 Å². The van der Waals surface area contributed by atoms with Crippen molar-refractivity contribution < 1.29 is 9.21 Å². The molecule has 0 bridgehead atoms.